The number of hydrogen-bond donors (Lipinski definition) is 1. The van der Waals surface area contributed by atoms with E-state index in [0.29, 0.717) is 5.41 Å². The fourth-order valence-electron chi connectivity index (χ4n) is 3.55. The molecule has 1 N–H and O–H groups in total. The van der Waals surface area contributed by atoms with Crippen LogP contribution in [-0.2, 0) is 4.74 Å². The Morgan fingerprint density at radius 3 is 2.69 bits per heavy atom. The van der Waals surface area contributed by atoms with E-state index < -0.39 is 0 Å². The lowest BCUT2D eigenvalue weighted by Gasteiger charge is -2.45. The second kappa shape index (κ2) is 5.09. The van der Waals surface area contributed by atoms with Gasteiger partial charge in [0.05, 0.1) is 5.60 Å². The number of hydrogen-bond acceptors (Lipinski definition) is 2. The third-order valence-corrected chi connectivity index (χ3v) is 4.53. The zero-order chi connectivity index (χ0) is 11.5. The minimum absolute atomic E-state index is 0.277. The monoisotopic (exact) mass is 223 g/mol. The maximum Gasteiger partial charge on any atom is 0.119 e. The molecule has 0 bridgehead atoms. The number of ether oxygens (including phenoxy) is 1. The molecule has 1 saturated heterocycles. The fraction of sp³-hybridized carbons (Fsp3) is 1.00. The molecule has 0 aromatic heterocycles. The van der Waals surface area contributed by atoms with Gasteiger partial charge in [-0.05, 0) is 50.5 Å². The van der Waals surface area contributed by atoms with Crippen LogP contribution < -0.4 is 5.32 Å². The Labute approximate surface area is 101 Å². The van der Waals surface area contributed by atoms with Gasteiger partial charge in [0, 0.05) is 6.61 Å². The largest absolute Gasteiger partial charge is 0.375 e. The molecule has 0 amide bonds. The van der Waals surface area contributed by atoms with Crippen molar-refractivity contribution in [3.63, 3.8) is 0 Å². The third kappa shape index (κ3) is 2.81. The summed E-state index contributed by atoms with van der Waals surface area (Å²) < 4.78 is 6.11. The molecule has 1 heterocycles. The second-order valence-corrected chi connectivity index (χ2v) is 6.08. The van der Waals surface area contributed by atoms with Crippen LogP contribution in [0, 0.1) is 5.41 Å². The Morgan fingerprint density at radius 1 is 1.25 bits per heavy atom. The van der Waals surface area contributed by atoms with Gasteiger partial charge < -0.3 is 10.1 Å². The van der Waals surface area contributed by atoms with Gasteiger partial charge in [0.25, 0.3) is 0 Å². The van der Waals surface area contributed by atoms with Crippen LogP contribution in [0.25, 0.3) is 0 Å². The summed E-state index contributed by atoms with van der Waals surface area (Å²) in [6, 6.07) is 0. The molecule has 1 aliphatic carbocycles. The molecule has 2 nitrogen and oxygen atoms in total. The molecule has 1 spiro atoms. The van der Waals surface area contributed by atoms with Gasteiger partial charge in [-0.25, -0.2) is 0 Å². The highest BCUT2D eigenvalue weighted by atomic mass is 16.5. The molecule has 2 aliphatic rings. The summed E-state index contributed by atoms with van der Waals surface area (Å²) in [6.07, 6.45) is 10.3. The average Bonchev–Trinajstić information content (AvgIpc) is 2.66. The predicted octanol–water partition coefficient (Wildman–Crippen LogP) is 1.69. The van der Waals surface area contributed by atoms with Crippen molar-refractivity contribution in [2.24, 2.45) is 5.41 Å². The van der Waals surface area contributed by atoms with Crippen molar-refractivity contribution in [2.75, 3.05) is 19.6 Å². The Balaban J connectivity index is 1.89. The summed E-state index contributed by atoms with van der Waals surface area (Å²) in [7, 11) is 2.19. The molecular formula is C13H26BNO. The third-order valence-electron chi connectivity index (χ3n) is 4.53. The normalized spacial score (nSPS) is 33.3. The van der Waals surface area contributed by atoms with E-state index in [1.165, 1.54) is 51.5 Å². The van der Waals surface area contributed by atoms with Crippen LogP contribution in [0.1, 0.15) is 51.9 Å². The molecule has 0 aromatic rings. The first-order valence-electron chi connectivity index (χ1n) is 7.03. The molecule has 0 radical (unpaired) electrons. The van der Waals surface area contributed by atoms with Crippen LogP contribution in [0.4, 0.5) is 0 Å². The summed E-state index contributed by atoms with van der Waals surface area (Å²) in [5.74, 6) is 0. The van der Waals surface area contributed by atoms with Gasteiger partial charge in [0.2, 0.25) is 0 Å². The lowest BCUT2D eigenvalue weighted by atomic mass is 9.71. The first-order chi connectivity index (χ1) is 7.68. The standard InChI is InChI=1S/C13H26BNO/c1-12(6-8-15-11-14)7-9-16-13(10-12)4-2-3-5-13/h15H,2-11,14H2,1H3. The SMILES string of the molecule is BCNCCC1(C)CCOC2(CCCC2)C1. The van der Waals surface area contributed by atoms with Crippen molar-refractivity contribution in [3.05, 3.63) is 0 Å². The topological polar surface area (TPSA) is 21.3 Å². The van der Waals surface area contributed by atoms with E-state index in [2.05, 4.69) is 20.1 Å². The smallest absolute Gasteiger partial charge is 0.119 e. The lowest BCUT2D eigenvalue weighted by molar-refractivity contribution is -0.119. The van der Waals surface area contributed by atoms with Gasteiger partial charge in [-0.3, -0.25) is 0 Å². The summed E-state index contributed by atoms with van der Waals surface area (Å²) in [4.78, 5) is 0. The van der Waals surface area contributed by atoms with Crippen molar-refractivity contribution < 1.29 is 4.74 Å². The molecule has 1 saturated carbocycles. The van der Waals surface area contributed by atoms with Gasteiger partial charge in [0.1, 0.15) is 7.85 Å². The predicted molar refractivity (Wildman–Crippen MR) is 70.5 cm³/mol. The minimum Gasteiger partial charge on any atom is -0.375 e. The average molecular weight is 223 g/mol. The van der Waals surface area contributed by atoms with Crippen molar-refractivity contribution in [1.82, 2.24) is 5.32 Å². The Kier molecular flexibility index (Phi) is 3.96. The summed E-state index contributed by atoms with van der Waals surface area (Å²) in [5, 5.41) is 3.46. The second-order valence-electron chi connectivity index (χ2n) is 6.08. The molecule has 2 rings (SSSR count). The van der Waals surface area contributed by atoms with Crippen molar-refractivity contribution >= 4 is 7.85 Å². The summed E-state index contributed by atoms with van der Waals surface area (Å²) >= 11 is 0. The maximum atomic E-state index is 6.11. The van der Waals surface area contributed by atoms with E-state index in [1.54, 1.807) is 0 Å². The van der Waals surface area contributed by atoms with Crippen molar-refractivity contribution in [3.8, 4) is 0 Å². The summed E-state index contributed by atoms with van der Waals surface area (Å²) in [6.45, 7) is 4.62. The van der Waals surface area contributed by atoms with E-state index in [0.717, 1.165) is 13.1 Å². The fourth-order valence-corrected chi connectivity index (χ4v) is 3.55. The molecule has 1 aliphatic heterocycles. The van der Waals surface area contributed by atoms with E-state index in [9.17, 15) is 0 Å². The van der Waals surface area contributed by atoms with Crippen LogP contribution in [0.5, 0.6) is 0 Å². The Morgan fingerprint density at radius 2 is 2.00 bits per heavy atom. The van der Waals surface area contributed by atoms with E-state index in [-0.39, 0.29) is 5.60 Å². The van der Waals surface area contributed by atoms with Crippen LogP contribution in [0.3, 0.4) is 0 Å². The van der Waals surface area contributed by atoms with Crippen LogP contribution in [0.15, 0.2) is 0 Å². The molecule has 1 unspecified atom stereocenters. The van der Waals surface area contributed by atoms with Gasteiger partial charge in [-0.15, -0.1) is 0 Å². The molecule has 2 fully saturated rings. The van der Waals surface area contributed by atoms with Gasteiger partial charge in [-0.1, -0.05) is 19.8 Å². The Bertz CT molecular complexity index is 228. The van der Waals surface area contributed by atoms with Gasteiger partial charge in [0.15, 0.2) is 0 Å². The summed E-state index contributed by atoms with van der Waals surface area (Å²) in [5.41, 5.74) is 0.796. The maximum absolute atomic E-state index is 6.11. The Hall–Kier alpha value is -0.0151. The molecule has 3 heteroatoms. The molecule has 0 aromatic carbocycles. The molecular weight excluding hydrogens is 197 g/mol. The number of rotatable bonds is 4. The zero-order valence-electron chi connectivity index (χ0n) is 11.0. The van der Waals surface area contributed by atoms with E-state index in [4.69, 9.17) is 4.74 Å². The zero-order valence-corrected chi connectivity index (χ0v) is 11.0. The molecule has 16 heavy (non-hydrogen) atoms. The molecule has 92 valence electrons. The first kappa shape index (κ1) is 12.4. The number of nitrogens with one attached hydrogen (secondary N) is 1. The van der Waals surface area contributed by atoms with Crippen LogP contribution >= 0.6 is 0 Å². The van der Waals surface area contributed by atoms with Crippen LogP contribution in [0.2, 0.25) is 0 Å². The van der Waals surface area contributed by atoms with Gasteiger partial charge in [-0.2, -0.15) is 0 Å². The van der Waals surface area contributed by atoms with E-state index in [1.807, 2.05) is 0 Å². The molecule has 1 atom stereocenters. The first-order valence-corrected chi connectivity index (χ1v) is 7.03. The highest BCUT2D eigenvalue weighted by molar-refractivity contribution is 6.08. The lowest BCUT2D eigenvalue weighted by Crippen LogP contribution is -2.43. The van der Waals surface area contributed by atoms with Gasteiger partial charge >= 0.3 is 0 Å². The van der Waals surface area contributed by atoms with Crippen LogP contribution in [-0.4, -0.2) is 33.0 Å². The van der Waals surface area contributed by atoms with Crippen molar-refractivity contribution in [2.45, 2.75) is 57.5 Å². The quantitative estimate of drug-likeness (QED) is 0.578. The highest BCUT2D eigenvalue weighted by Crippen LogP contribution is 2.48. The van der Waals surface area contributed by atoms with E-state index >= 15 is 0 Å². The highest BCUT2D eigenvalue weighted by Gasteiger charge is 2.44. The minimum atomic E-state index is 0.277. The van der Waals surface area contributed by atoms with Crippen molar-refractivity contribution in [1.29, 1.82) is 0 Å².